The maximum atomic E-state index is 11.8. The van der Waals surface area contributed by atoms with Gasteiger partial charge in [-0.1, -0.05) is 12.1 Å². The Kier molecular flexibility index (Phi) is 4.27. The number of nitrogens with one attached hydrogen (secondary N) is 1. The van der Waals surface area contributed by atoms with Crippen LogP contribution in [0.15, 0.2) is 24.3 Å². The molecule has 1 aliphatic heterocycles. The molecule has 0 saturated carbocycles. The van der Waals surface area contributed by atoms with E-state index in [0.717, 1.165) is 26.1 Å². The predicted octanol–water partition coefficient (Wildman–Crippen LogP) is 2.25. The highest BCUT2D eigenvalue weighted by molar-refractivity contribution is 14.1. The summed E-state index contributed by atoms with van der Waals surface area (Å²) in [7, 11) is 1.72. The molecule has 98 valence electrons. The predicted molar refractivity (Wildman–Crippen MR) is 81.2 cm³/mol. The lowest BCUT2D eigenvalue weighted by Gasteiger charge is -2.22. The van der Waals surface area contributed by atoms with Gasteiger partial charge in [0.25, 0.3) is 0 Å². The average molecular weight is 358 g/mol. The van der Waals surface area contributed by atoms with E-state index in [2.05, 4.69) is 64.0 Å². The van der Waals surface area contributed by atoms with Crippen LogP contribution in [-0.2, 0) is 11.3 Å². The highest BCUT2D eigenvalue weighted by atomic mass is 127. The Morgan fingerprint density at radius 2 is 2.11 bits per heavy atom. The molecule has 0 radical (unpaired) electrons. The van der Waals surface area contributed by atoms with Crippen LogP contribution in [0.3, 0.4) is 0 Å². The lowest BCUT2D eigenvalue weighted by molar-refractivity contribution is -0.129. The Balaban J connectivity index is 1.97. The number of halogens is 1. The molecule has 2 rings (SSSR count). The maximum Gasteiger partial charge on any atom is 0.227 e. The largest absolute Gasteiger partial charge is 0.359 e. The van der Waals surface area contributed by atoms with Gasteiger partial charge >= 0.3 is 0 Å². The van der Waals surface area contributed by atoms with E-state index in [0.29, 0.717) is 0 Å². The SMILES string of the molecule is CNC(=O)C1(C)CCN(Cc2ccc(I)cc2)C1. The molecule has 1 saturated heterocycles. The van der Waals surface area contributed by atoms with Crippen LogP contribution in [-0.4, -0.2) is 30.9 Å². The van der Waals surface area contributed by atoms with E-state index in [1.165, 1.54) is 9.13 Å². The number of hydrogen-bond acceptors (Lipinski definition) is 2. The summed E-state index contributed by atoms with van der Waals surface area (Å²) in [5.41, 5.74) is 1.09. The van der Waals surface area contributed by atoms with E-state index < -0.39 is 0 Å². The van der Waals surface area contributed by atoms with Gasteiger partial charge in [-0.15, -0.1) is 0 Å². The minimum absolute atomic E-state index is 0.160. The molecule has 1 heterocycles. The highest BCUT2D eigenvalue weighted by Gasteiger charge is 2.39. The van der Waals surface area contributed by atoms with Crippen molar-refractivity contribution in [2.24, 2.45) is 5.41 Å². The minimum atomic E-state index is -0.224. The molecule has 1 fully saturated rings. The molecule has 1 unspecified atom stereocenters. The fourth-order valence-corrected chi connectivity index (χ4v) is 2.89. The Hall–Kier alpha value is -0.620. The van der Waals surface area contributed by atoms with E-state index in [4.69, 9.17) is 0 Å². The van der Waals surface area contributed by atoms with E-state index in [9.17, 15) is 4.79 Å². The molecule has 0 aliphatic carbocycles. The van der Waals surface area contributed by atoms with Gasteiger partial charge in [0.05, 0.1) is 5.41 Å². The van der Waals surface area contributed by atoms with Crippen molar-refractivity contribution >= 4 is 28.5 Å². The summed E-state index contributed by atoms with van der Waals surface area (Å²) in [6.07, 6.45) is 0.942. The van der Waals surface area contributed by atoms with Gasteiger partial charge in [-0.2, -0.15) is 0 Å². The topological polar surface area (TPSA) is 32.3 Å². The maximum absolute atomic E-state index is 11.8. The van der Waals surface area contributed by atoms with Crippen molar-refractivity contribution in [3.05, 3.63) is 33.4 Å². The third-order valence-corrected chi connectivity index (χ3v) is 4.37. The normalized spacial score (nSPS) is 24.2. The van der Waals surface area contributed by atoms with Crippen molar-refractivity contribution < 1.29 is 4.79 Å². The smallest absolute Gasteiger partial charge is 0.227 e. The standard InChI is InChI=1S/C14H19IN2O/c1-14(13(18)16-2)7-8-17(10-14)9-11-3-5-12(15)6-4-11/h3-6H,7-10H2,1-2H3,(H,16,18). The van der Waals surface area contributed by atoms with Crippen LogP contribution in [0.5, 0.6) is 0 Å². The number of amides is 1. The van der Waals surface area contributed by atoms with Crippen molar-refractivity contribution in [3.8, 4) is 0 Å². The second-order valence-electron chi connectivity index (χ2n) is 5.23. The lowest BCUT2D eigenvalue weighted by atomic mass is 9.89. The van der Waals surface area contributed by atoms with Crippen molar-refractivity contribution in [2.75, 3.05) is 20.1 Å². The van der Waals surface area contributed by atoms with Crippen LogP contribution < -0.4 is 5.32 Å². The number of nitrogens with zero attached hydrogens (tertiary/aromatic N) is 1. The number of carbonyl (C=O) groups is 1. The first-order valence-electron chi connectivity index (χ1n) is 6.22. The van der Waals surface area contributed by atoms with Crippen LogP contribution in [0.1, 0.15) is 18.9 Å². The average Bonchev–Trinajstić information content (AvgIpc) is 2.74. The minimum Gasteiger partial charge on any atom is -0.359 e. The molecule has 1 amide bonds. The van der Waals surface area contributed by atoms with E-state index in [-0.39, 0.29) is 11.3 Å². The summed E-state index contributed by atoms with van der Waals surface area (Å²) in [5.74, 6) is 0.160. The van der Waals surface area contributed by atoms with Crippen LogP contribution in [0.25, 0.3) is 0 Å². The van der Waals surface area contributed by atoms with Crippen molar-refractivity contribution in [1.82, 2.24) is 10.2 Å². The number of carbonyl (C=O) groups excluding carboxylic acids is 1. The van der Waals surface area contributed by atoms with Crippen molar-refractivity contribution in [2.45, 2.75) is 19.9 Å². The quantitative estimate of drug-likeness (QED) is 0.841. The first-order chi connectivity index (χ1) is 8.53. The van der Waals surface area contributed by atoms with Gasteiger partial charge in [0.15, 0.2) is 0 Å². The molecule has 1 aromatic carbocycles. The first kappa shape index (κ1) is 13.8. The Morgan fingerprint density at radius 1 is 1.44 bits per heavy atom. The summed E-state index contributed by atoms with van der Waals surface area (Å²) in [4.78, 5) is 14.2. The highest BCUT2D eigenvalue weighted by Crippen LogP contribution is 2.30. The van der Waals surface area contributed by atoms with Gasteiger partial charge < -0.3 is 5.32 Å². The lowest BCUT2D eigenvalue weighted by Crippen LogP contribution is -2.39. The van der Waals surface area contributed by atoms with Gasteiger partial charge in [0.1, 0.15) is 0 Å². The molecular formula is C14H19IN2O. The monoisotopic (exact) mass is 358 g/mol. The van der Waals surface area contributed by atoms with Gasteiger partial charge in [-0.3, -0.25) is 9.69 Å². The third-order valence-electron chi connectivity index (χ3n) is 3.65. The first-order valence-corrected chi connectivity index (χ1v) is 7.30. The molecule has 1 N–H and O–H groups in total. The zero-order chi connectivity index (χ0) is 13.2. The number of hydrogen-bond donors (Lipinski definition) is 1. The van der Waals surface area contributed by atoms with Crippen molar-refractivity contribution in [1.29, 1.82) is 0 Å². The zero-order valence-corrected chi connectivity index (χ0v) is 13.0. The van der Waals surface area contributed by atoms with Crippen LogP contribution in [0, 0.1) is 8.99 Å². The van der Waals surface area contributed by atoms with E-state index in [1.807, 2.05) is 0 Å². The van der Waals surface area contributed by atoms with Crippen molar-refractivity contribution in [3.63, 3.8) is 0 Å². The summed E-state index contributed by atoms with van der Waals surface area (Å²) in [6, 6.07) is 8.59. The Bertz CT molecular complexity index is 432. The van der Waals surface area contributed by atoms with Gasteiger partial charge in [0.2, 0.25) is 5.91 Å². The van der Waals surface area contributed by atoms with Gasteiger partial charge in [0, 0.05) is 23.7 Å². The fourth-order valence-electron chi connectivity index (χ4n) is 2.53. The third kappa shape index (κ3) is 3.03. The summed E-state index contributed by atoms with van der Waals surface area (Å²) in [6.45, 7) is 4.83. The second-order valence-corrected chi connectivity index (χ2v) is 6.47. The number of rotatable bonds is 3. The molecular weight excluding hydrogens is 339 g/mol. The Morgan fingerprint density at radius 3 is 2.72 bits per heavy atom. The van der Waals surface area contributed by atoms with Gasteiger partial charge in [-0.05, 0) is 60.2 Å². The molecule has 0 aromatic heterocycles. The second kappa shape index (κ2) is 5.57. The number of benzene rings is 1. The fraction of sp³-hybridized carbons (Fsp3) is 0.500. The molecule has 1 aromatic rings. The molecule has 0 bridgehead atoms. The van der Waals surface area contributed by atoms with E-state index >= 15 is 0 Å². The molecule has 1 aliphatic rings. The van der Waals surface area contributed by atoms with Crippen LogP contribution in [0.2, 0.25) is 0 Å². The molecule has 18 heavy (non-hydrogen) atoms. The molecule has 1 atom stereocenters. The van der Waals surface area contributed by atoms with Crippen LogP contribution >= 0.6 is 22.6 Å². The molecule has 4 heteroatoms. The molecule has 0 spiro atoms. The summed E-state index contributed by atoms with van der Waals surface area (Å²) >= 11 is 2.31. The Labute approximate surface area is 122 Å². The molecule has 3 nitrogen and oxygen atoms in total. The van der Waals surface area contributed by atoms with E-state index in [1.54, 1.807) is 7.05 Å². The summed E-state index contributed by atoms with van der Waals surface area (Å²) < 4.78 is 1.26. The number of likely N-dealkylation sites (tertiary alicyclic amines) is 1. The van der Waals surface area contributed by atoms with Gasteiger partial charge in [-0.25, -0.2) is 0 Å². The van der Waals surface area contributed by atoms with Crippen LogP contribution in [0.4, 0.5) is 0 Å². The zero-order valence-electron chi connectivity index (χ0n) is 10.9. The summed E-state index contributed by atoms with van der Waals surface area (Å²) in [5, 5.41) is 2.77.